The highest BCUT2D eigenvalue weighted by atomic mass is 19.1. The zero-order chi connectivity index (χ0) is 21.3. The maximum Gasteiger partial charge on any atom is 0.224 e. The molecule has 3 rings (SSSR count). The van der Waals surface area contributed by atoms with Gasteiger partial charge >= 0.3 is 0 Å². The third-order valence-corrected chi connectivity index (χ3v) is 4.64. The monoisotopic (exact) mass is 405 g/mol. The quantitative estimate of drug-likeness (QED) is 0.584. The van der Waals surface area contributed by atoms with E-state index >= 15 is 0 Å². The first-order valence-electron chi connectivity index (χ1n) is 8.78. The van der Waals surface area contributed by atoms with Gasteiger partial charge in [0.2, 0.25) is 5.91 Å². The third-order valence-electron chi connectivity index (χ3n) is 4.64. The molecule has 0 spiro atoms. The van der Waals surface area contributed by atoms with Gasteiger partial charge in [0.15, 0.2) is 11.6 Å². The zero-order valence-electron chi connectivity index (χ0n) is 15.4. The number of hydrogen-bond donors (Lipinski definition) is 2. The van der Waals surface area contributed by atoms with E-state index in [1.807, 2.05) is 0 Å². The number of benzene rings is 2. The lowest BCUT2D eigenvalue weighted by Crippen LogP contribution is -2.49. The van der Waals surface area contributed by atoms with Crippen LogP contribution in [0.5, 0.6) is 0 Å². The van der Waals surface area contributed by atoms with E-state index in [0.29, 0.717) is 6.07 Å². The Hall–Kier alpha value is -3.20. The molecule has 0 fully saturated rings. The smallest absolute Gasteiger partial charge is 0.224 e. The highest BCUT2D eigenvalue weighted by Gasteiger charge is 2.38. The summed E-state index contributed by atoms with van der Waals surface area (Å²) in [6.07, 6.45) is -0.344. The van der Waals surface area contributed by atoms with Crippen LogP contribution in [0.1, 0.15) is 24.0 Å². The van der Waals surface area contributed by atoms with E-state index in [9.17, 15) is 27.6 Å². The van der Waals surface area contributed by atoms with Crippen LogP contribution in [0.15, 0.2) is 36.4 Å². The van der Waals surface area contributed by atoms with Gasteiger partial charge in [-0.25, -0.2) is 19.0 Å². The molecule has 0 bridgehead atoms. The summed E-state index contributed by atoms with van der Waals surface area (Å²) in [7, 11) is 0. The maximum absolute atomic E-state index is 13.5. The molecule has 3 N–H and O–H groups in total. The number of amides is 1. The molecule has 2 aromatic rings. The largest absolute Gasteiger partial charge is 0.346 e. The molecule has 2 atom stereocenters. The lowest BCUT2D eigenvalue weighted by molar-refractivity contribution is -0.132. The molecule has 0 aliphatic carbocycles. The van der Waals surface area contributed by atoms with Crippen LogP contribution in [0.25, 0.3) is 0 Å². The van der Waals surface area contributed by atoms with Crippen LogP contribution in [-0.4, -0.2) is 30.1 Å². The highest BCUT2D eigenvalue weighted by Crippen LogP contribution is 2.33. The van der Waals surface area contributed by atoms with Gasteiger partial charge in [-0.2, -0.15) is 0 Å². The molecular weight excluding hydrogens is 387 g/mol. The van der Waals surface area contributed by atoms with E-state index in [-0.39, 0.29) is 29.8 Å². The van der Waals surface area contributed by atoms with E-state index in [0.717, 1.165) is 29.3 Å². The Morgan fingerprint density at radius 2 is 1.79 bits per heavy atom. The maximum atomic E-state index is 13.5. The van der Waals surface area contributed by atoms with Gasteiger partial charge in [0.05, 0.1) is 24.7 Å². The molecule has 152 valence electrons. The summed E-state index contributed by atoms with van der Waals surface area (Å²) in [6.45, 7) is 1.12. The van der Waals surface area contributed by atoms with Crippen molar-refractivity contribution < 1.29 is 27.6 Å². The molecule has 1 aliphatic heterocycles. The van der Waals surface area contributed by atoms with Crippen LogP contribution in [0.2, 0.25) is 0 Å². The van der Waals surface area contributed by atoms with Crippen molar-refractivity contribution in [2.45, 2.75) is 25.3 Å². The predicted octanol–water partition coefficient (Wildman–Crippen LogP) is 1.77. The Bertz CT molecular complexity index is 976. The Labute approximate surface area is 164 Å². The molecule has 6 nitrogen and oxygen atoms in total. The predicted molar refractivity (Wildman–Crippen MR) is 98.4 cm³/mol. The Balaban J connectivity index is 1.75. The van der Waals surface area contributed by atoms with Crippen LogP contribution in [0.3, 0.4) is 0 Å². The number of hydrazine groups is 1. The standard InChI is InChI=1S/C20H18F3N3O3/c1-10(25-18(28)6-11-4-13(22)7-14(23)5-11)20(29)19-15-3-2-12(21)8-16(15)26(24)9-17(19)27/h2-5,7-8,10,19H,6,9,24H2,1H3,(H,25,28)/t10-,19?/m0/s1. The van der Waals surface area contributed by atoms with Gasteiger partial charge in [0.25, 0.3) is 0 Å². The molecule has 0 radical (unpaired) electrons. The van der Waals surface area contributed by atoms with Crippen molar-refractivity contribution in [3.8, 4) is 0 Å². The lowest BCUT2D eigenvalue weighted by atomic mass is 9.84. The summed E-state index contributed by atoms with van der Waals surface area (Å²) in [6, 6.07) is 5.21. The first-order valence-corrected chi connectivity index (χ1v) is 8.78. The van der Waals surface area contributed by atoms with Crippen molar-refractivity contribution in [3.05, 3.63) is 65.0 Å². The zero-order valence-corrected chi connectivity index (χ0v) is 15.4. The van der Waals surface area contributed by atoms with E-state index in [4.69, 9.17) is 5.84 Å². The van der Waals surface area contributed by atoms with Gasteiger partial charge in [0, 0.05) is 6.07 Å². The fraction of sp³-hybridized carbons (Fsp3) is 0.250. The van der Waals surface area contributed by atoms with Crippen molar-refractivity contribution in [3.63, 3.8) is 0 Å². The summed E-state index contributed by atoms with van der Waals surface area (Å²) < 4.78 is 40.0. The number of rotatable bonds is 5. The average Bonchev–Trinajstić information content (AvgIpc) is 2.61. The average molecular weight is 405 g/mol. The molecule has 1 aliphatic rings. The minimum atomic E-state index is -1.20. The molecule has 29 heavy (non-hydrogen) atoms. The van der Waals surface area contributed by atoms with Gasteiger partial charge in [-0.1, -0.05) is 6.07 Å². The van der Waals surface area contributed by atoms with Gasteiger partial charge in [-0.05, 0) is 42.3 Å². The summed E-state index contributed by atoms with van der Waals surface area (Å²) in [5.74, 6) is 0.622. The van der Waals surface area contributed by atoms with E-state index < -0.39 is 46.9 Å². The number of fused-ring (bicyclic) bond motifs is 1. The van der Waals surface area contributed by atoms with Crippen molar-refractivity contribution in [2.24, 2.45) is 5.84 Å². The number of anilines is 1. The van der Waals surface area contributed by atoms with Crippen LogP contribution < -0.4 is 16.2 Å². The fourth-order valence-corrected chi connectivity index (χ4v) is 3.35. The van der Waals surface area contributed by atoms with Gasteiger partial charge < -0.3 is 10.3 Å². The number of hydrogen-bond acceptors (Lipinski definition) is 5. The minimum Gasteiger partial charge on any atom is -0.346 e. The second-order valence-corrected chi connectivity index (χ2v) is 6.88. The topological polar surface area (TPSA) is 92.5 Å². The number of halogens is 3. The third kappa shape index (κ3) is 4.45. The summed E-state index contributed by atoms with van der Waals surface area (Å²) in [5, 5.41) is 3.50. The van der Waals surface area contributed by atoms with Crippen molar-refractivity contribution in [1.82, 2.24) is 5.32 Å². The number of carbonyl (C=O) groups is 3. The Morgan fingerprint density at radius 1 is 1.14 bits per heavy atom. The highest BCUT2D eigenvalue weighted by molar-refractivity contribution is 6.13. The number of nitrogens with one attached hydrogen (secondary N) is 1. The Morgan fingerprint density at radius 3 is 2.45 bits per heavy atom. The molecule has 2 aromatic carbocycles. The second kappa shape index (κ2) is 8.04. The molecule has 1 heterocycles. The molecule has 1 amide bonds. The molecule has 0 saturated carbocycles. The van der Waals surface area contributed by atoms with Crippen molar-refractivity contribution in [2.75, 3.05) is 11.6 Å². The van der Waals surface area contributed by atoms with E-state index in [1.54, 1.807) is 0 Å². The van der Waals surface area contributed by atoms with E-state index in [2.05, 4.69) is 5.32 Å². The summed E-state index contributed by atoms with van der Waals surface area (Å²) >= 11 is 0. The van der Waals surface area contributed by atoms with Gasteiger partial charge in [-0.3, -0.25) is 14.4 Å². The summed E-state index contributed by atoms with van der Waals surface area (Å²) in [5.41, 5.74) is 0.577. The number of Topliss-reactive ketones (excluding diaryl/α,β-unsaturated/α-hetero) is 2. The van der Waals surface area contributed by atoms with Crippen LogP contribution >= 0.6 is 0 Å². The fourth-order valence-electron chi connectivity index (χ4n) is 3.35. The molecule has 0 aromatic heterocycles. The van der Waals surface area contributed by atoms with Crippen LogP contribution in [-0.2, 0) is 20.8 Å². The Kier molecular flexibility index (Phi) is 5.69. The second-order valence-electron chi connectivity index (χ2n) is 6.88. The lowest BCUT2D eigenvalue weighted by Gasteiger charge is -2.32. The van der Waals surface area contributed by atoms with E-state index in [1.165, 1.54) is 13.0 Å². The number of ketones is 2. The van der Waals surface area contributed by atoms with Gasteiger partial charge in [-0.15, -0.1) is 0 Å². The summed E-state index contributed by atoms with van der Waals surface area (Å²) in [4.78, 5) is 37.5. The molecule has 9 heteroatoms. The van der Waals surface area contributed by atoms with Crippen molar-refractivity contribution >= 4 is 23.2 Å². The number of nitrogens with two attached hydrogens (primary N) is 1. The first-order chi connectivity index (χ1) is 13.7. The SMILES string of the molecule is C[C@H](NC(=O)Cc1cc(F)cc(F)c1)C(=O)C1C(=O)CN(N)c2cc(F)ccc21. The van der Waals surface area contributed by atoms with Crippen LogP contribution in [0, 0.1) is 17.5 Å². The first kappa shape index (κ1) is 20.5. The number of carbonyl (C=O) groups excluding carboxylic acids is 3. The van der Waals surface area contributed by atoms with Crippen molar-refractivity contribution in [1.29, 1.82) is 0 Å². The number of nitrogens with zero attached hydrogens (tertiary/aromatic N) is 1. The van der Waals surface area contributed by atoms with Crippen LogP contribution in [0.4, 0.5) is 18.9 Å². The minimum absolute atomic E-state index is 0.105. The molecule has 1 unspecified atom stereocenters. The molecule has 0 saturated heterocycles. The normalized spacial score (nSPS) is 16.9. The van der Waals surface area contributed by atoms with Gasteiger partial charge in [0.1, 0.15) is 23.4 Å². The molecular formula is C20H18F3N3O3.